The molecule has 0 aromatic carbocycles. The highest BCUT2D eigenvalue weighted by Crippen LogP contribution is 2.04. The standard InChI is InChI=1S/C5H8BrN/c6-5-7-3-1-2-4-7/h1,3H,2,4-5H2. The molecular formula is C5H8BrN. The summed E-state index contributed by atoms with van der Waals surface area (Å²) in [4.78, 5) is 2.22. The van der Waals surface area contributed by atoms with Gasteiger partial charge in [-0.3, -0.25) is 0 Å². The van der Waals surface area contributed by atoms with Crippen LogP contribution < -0.4 is 0 Å². The molecule has 1 aliphatic heterocycles. The maximum absolute atomic E-state index is 3.35. The van der Waals surface area contributed by atoms with Crippen molar-refractivity contribution in [3.05, 3.63) is 12.3 Å². The molecule has 0 fully saturated rings. The highest BCUT2D eigenvalue weighted by molar-refractivity contribution is 9.09. The van der Waals surface area contributed by atoms with Gasteiger partial charge in [0.05, 0.1) is 5.45 Å². The molecule has 0 saturated heterocycles. The summed E-state index contributed by atoms with van der Waals surface area (Å²) in [6.45, 7) is 1.19. The van der Waals surface area contributed by atoms with E-state index in [2.05, 4.69) is 33.1 Å². The molecule has 0 bridgehead atoms. The molecule has 0 amide bonds. The van der Waals surface area contributed by atoms with Gasteiger partial charge in [0.1, 0.15) is 0 Å². The Bertz CT molecular complexity index is 80.1. The molecule has 0 atom stereocenters. The molecule has 1 aliphatic rings. The van der Waals surface area contributed by atoms with E-state index in [1.54, 1.807) is 0 Å². The van der Waals surface area contributed by atoms with Crippen molar-refractivity contribution in [1.29, 1.82) is 0 Å². The topological polar surface area (TPSA) is 3.24 Å². The maximum Gasteiger partial charge on any atom is 0.0730 e. The second kappa shape index (κ2) is 2.36. The van der Waals surface area contributed by atoms with Crippen molar-refractivity contribution in [1.82, 2.24) is 4.90 Å². The molecule has 0 aromatic heterocycles. The van der Waals surface area contributed by atoms with Gasteiger partial charge in [0, 0.05) is 6.54 Å². The molecule has 0 N–H and O–H groups in total. The maximum atomic E-state index is 3.35. The summed E-state index contributed by atoms with van der Waals surface area (Å²) in [6, 6.07) is 0. The largest absolute Gasteiger partial charge is 0.368 e. The zero-order valence-electron chi connectivity index (χ0n) is 4.10. The zero-order valence-corrected chi connectivity index (χ0v) is 5.69. The lowest BCUT2D eigenvalue weighted by Crippen LogP contribution is -2.10. The van der Waals surface area contributed by atoms with Gasteiger partial charge in [-0.1, -0.05) is 22.0 Å². The van der Waals surface area contributed by atoms with Crippen molar-refractivity contribution >= 4 is 15.9 Å². The third kappa shape index (κ3) is 1.20. The Morgan fingerprint density at radius 2 is 2.57 bits per heavy atom. The average molecular weight is 162 g/mol. The smallest absolute Gasteiger partial charge is 0.0730 e. The molecule has 1 nitrogen and oxygen atoms in total. The summed E-state index contributed by atoms with van der Waals surface area (Å²) in [6.07, 6.45) is 5.52. The van der Waals surface area contributed by atoms with E-state index in [0.29, 0.717) is 0 Å². The monoisotopic (exact) mass is 161 g/mol. The van der Waals surface area contributed by atoms with Crippen molar-refractivity contribution in [2.75, 3.05) is 12.0 Å². The molecule has 0 aliphatic carbocycles. The summed E-state index contributed by atoms with van der Waals surface area (Å²) in [5.41, 5.74) is 0.976. The molecule has 40 valence electrons. The first-order chi connectivity index (χ1) is 3.43. The van der Waals surface area contributed by atoms with Crippen molar-refractivity contribution in [3.8, 4) is 0 Å². The molecule has 0 spiro atoms. The summed E-state index contributed by atoms with van der Waals surface area (Å²) in [7, 11) is 0. The Labute approximate surface area is 52.1 Å². The highest BCUT2D eigenvalue weighted by atomic mass is 79.9. The number of halogens is 1. The minimum Gasteiger partial charge on any atom is -0.368 e. The van der Waals surface area contributed by atoms with Crippen LogP contribution in [0.25, 0.3) is 0 Å². The third-order valence-corrected chi connectivity index (χ3v) is 1.70. The lowest BCUT2D eigenvalue weighted by atomic mass is 10.5. The van der Waals surface area contributed by atoms with Crippen LogP contribution >= 0.6 is 15.9 Å². The second-order valence-electron chi connectivity index (χ2n) is 1.61. The average Bonchev–Trinajstić information content (AvgIpc) is 2.14. The molecule has 0 unspecified atom stereocenters. The van der Waals surface area contributed by atoms with E-state index in [-0.39, 0.29) is 0 Å². The Balaban J connectivity index is 2.28. The number of nitrogens with zero attached hydrogens (tertiary/aromatic N) is 1. The number of hydrogen-bond acceptors (Lipinski definition) is 1. The van der Waals surface area contributed by atoms with Crippen molar-refractivity contribution in [2.45, 2.75) is 6.42 Å². The fourth-order valence-corrected chi connectivity index (χ4v) is 1.06. The van der Waals surface area contributed by atoms with E-state index in [1.807, 2.05) is 0 Å². The third-order valence-electron chi connectivity index (χ3n) is 1.05. The fourth-order valence-electron chi connectivity index (χ4n) is 0.638. The highest BCUT2D eigenvalue weighted by Gasteiger charge is 1.98. The fraction of sp³-hybridized carbons (Fsp3) is 0.600. The Morgan fingerprint density at radius 1 is 1.71 bits per heavy atom. The molecule has 1 rings (SSSR count). The van der Waals surface area contributed by atoms with Crippen LogP contribution in [0.3, 0.4) is 0 Å². The van der Waals surface area contributed by atoms with E-state index in [0.717, 1.165) is 5.45 Å². The minimum absolute atomic E-state index is 0.976. The van der Waals surface area contributed by atoms with Crippen LogP contribution in [0.5, 0.6) is 0 Å². The van der Waals surface area contributed by atoms with E-state index >= 15 is 0 Å². The summed E-state index contributed by atoms with van der Waals surface area (Å²) in [5, 5.41) is 0. The number of rotatable bonds is 1. The van der Waals surface area contributed by atoms with E-state index in [9.17, 15) is 0 Å². The first kappa shape index (κ1) is 5.16. The van der Waals surface area contributed by atoms with Gasteiger partial charge in [-0.15, -0.1) is 0 Å². The summed E-state index contributed by atoms with van der Waals surface area (Å²) >= 11 is 3.35. The van der Waals surface area contributed by atoms with Gasteiger partial charge in [0.25, 0.3) is 0 Å². The van der Waals surface area contributed by atoms with E-state index in [4.69, 9.17) is 0 Å². The SMILES string of the molecule is BrCN1C=CCC1. The summed E-state index contributed by atoms with van der Waals surface area (Å²) < 4.78 is 0. The van der Waals surface area contributed by atoms with Gasteiger partial charge in [-0.2, -0.15) is 0 Å². The second-order valence-corrected chi connectivity index (χ2v) is 2.11. The molecule has 1 heterocycles. The molecule has 2 heteroatoms. The van der Waals surface area contributed by atoms with E-state index in [1.165, 1.54) is 13.0 Å². The lowest BCUT2D eigenvalue weighted by molar-refractivity contribution is 0.482. The first-order valence-electron chi connectivity index (χ1n) is 2.40. The number of hydrogen-bond donors (Lipinski definition) is 0. The van der Waals surface area contributed by atoms with Crippen LogP contribution in [0.2, 0.25) is 0 Å². The molecule has 0 saturated carbocycles. The van der Waals surface area contributed by atoms with E-state index < -0.39 is 0 Å². The van der Waals surface area contributed by atoms with Gasteiger partial charge in [-0.05, 0) is 12.6 Å². The van der Waals surface area contributed by atoms with Gasteiger partial charge < -0.3 is 4.90 Å². The predicted octanol–water partition coefficient (Wildman–Crippen LogP) is 1.56. The minimum atomic E-state index is 0.976. The quantitative estimate of drug-likeness (QED) is 0.417. The van der Waals surface area contributed by atoms with Crippen LogP contribution in [-0.2, 0) is 0 Å². The Hall–Kier alpha value is 0.0200. The van der Waals surface area contributed by atoms with Crippen molar-refractivity contribution in [2.24, 2.45) is 0 Å². The van der Waals surface area contributed by atoms with Crippen LogP contribution in [0.15, 0.2) is 12.3 Å². The zero-order chi connectivity index (χ0) is 5.11. The van der Waals surface area contributed by atoms with Gasteiger partial charge in [-0.25, -0.2) is 0 Å². The van der Waals surface area contributed by atoms with Gasteiger partial charge in [0.15, 0.2) is 0 Å². The molecule has 7 heavy (non-hydrogen) atoms. The van der Waals surface area contributed by atoms with Crippen LogP contribution in [-0.4, -0.2) is 16.9 Å². The number of alkyl halides is 1. The van der Waals surface area contributed by atoms with Crippen molar-refractivity contribution in [3.63, 3.8) is 0 Å². The van der Waals surface area contributed by atoms with Crippen LogP contribution in [0, 0.1) is 0 Å². The Kier molecular flexibility index (Phi) is 1.74. The Morgan fingerprint density at radius 3 is 2.86 bits per heavy atom. The van der Waals surface area contributed by atoms with Crippen LogP contribution in [0.1, 0.15) is 6.42 Å². The predicted molar refractivity (Wildman–Crippen MR) is 34.3 cm³/mol. The van der Waals surface area contributed by atoms with Crippen LogP contribution in [0.4, 0.5) is 0 Å². The lowest BCUT2D eigenvalue weighted by Gasteiger charge is -2.08. The molecule has 0 radical (unpaired) electrons. The summed E-state index contributed by atoms with van der Waals surface area (Å²) in [5.74, 6) is 0. The van der Waals surface area contributed by atoms with Crippen molar-refractivity contribution < 1.29 is 0 Å². The molecule has 0 aromatic rings. The first-order valence-corrected chi connectivity index (χ1v) is 3.52. The van der Waals surface area contributed by atoms with Gasteiger partial charge >= 0.3 is 0 Å². The molecular weight excluding hydrogens is 154 g/mol. The van der Waals surface area contributed by atoms with Gasteiger partial charge in [0.2, 0.25) is 0 Å². The normalized spacial score (nSPS) is 18.7.